The summed E-state index contributed by atoms with van der Waals surface area (Å²) in [6, 6.07) is 2.04. The number of aromatic carboxylic acids is 1. The zero-order valence-corrected chi connectivity index (χ0v) is 10.9. The monoisotopic (exact) mass is 306 g/mol. The highest BCUT2D eigenvalue weighted by molar-refractivity contribution is 5.93. The average Bonchev–Trinajstić information content (AvgIpc) is 2.36. The number of phenols is 1. The topological polar surface area (TPSA) is 89.9 Å². The molecule has 1 aromatic rings. The van der Waals surface area contributed by atoms with Gasteiger partial charge in [0.1, 0.15) is 12.3 Å². The molecule has 0 aromatic heterocycles. The Bertz CT molecular complexity index is 546. The maximum Gasteiger partial charge on any atom is 0.406 e. The van der Waals surface area contributed by atoms with Gasteiger partial charge in [-0.05, 0) is 25.1 Å². The summed E-state index contributed by atoms with van der Waals surface area (Å²) in [5.74, 6) is -1.83. The van der Waals surface area contributed by atoms with Crippen LogP contribution in [-0.4, -0.2) is 46.4 Å². The number of hydrogen-bond acceptors (Lipinski definition) is 3. The average molecular weight is 306 g/mol. The number of nitrogens with zero attached hydrogens (tertiary/aromatic N) is 1. The summed E-state index contributed by atoms with van der Waals surface area (Å²) >= 11 is 0. The lowest BCUT2D eigenvalue weighted by molar-refractivity contribution is -0.139. The summed E-state index contributed by atoms with van der Waals surface area (Å²) in [7, 11) is 0. The van der Waals surface area contributed by atoms with Crippen LogP contribution in [0.15, 0.2) is 18.2 Å². The van der Waals surface area contributed by atoms with Crippen molar-refractivity contribution < 1.29 is 33.0 Å². The van der Waals surface area contributed by atoms with Crippen molar-refractivity contribution in [2.24, 2.45) is 0 Å². The molecule has 0 radical (unpaired) electrons. The molecule has 0 aliphatic rings. The molecule has 2 amide bonds. The molecular formula is C12H13F3N2O4. The first kappa shape index (κ1) is 16.6. The molecule has 0 unspecified atom stereocenters. The second-order valence-corrected chi connectivity index (χ2v) is 4.10. The van der Waals surface area contributed by atoms with Crippen molar-refractivity contribution >= 4 is 17.7 Å². The SMILES string of the molecule is CCN(CC(F)(F)F)C(=O)Nc1ccc(C(=O)O)cc1O. The summed E-state index contributed by atoms with van der Waals surface area (Å²) in [6.45, 7) is -0.235. The normalized spacial score (nSPS) is 11.0. The molecule has 3 N–H and O–H groups in total. The first-order chi connectivity index (χ1) is 9.64. The number of phenolic OH excluding ortho intramolecular Hbond substituents is 1. The zero-order chi connectivity index (χ0) is 16.2. The van der Waals surface area contributed by atoms with Crippen molar-refractivity contribution in [3.63, 3.8) is 0 Å². The van der Waals surface area contributed by atoms with Gasteiger partial charge in [0.25, 0.3) is 0 Å². The van der Waals surface area contributed by atoms with Gasteiger partial charge in [-0.1, -0.05) is 0 Å². The van der Waals surface area contributed by atoms with Crippen LogP contribution >= 0.6 is 0 Å². The fourth-order valence-corrected chi connectivity index (χ4v) is 1.51. The number of halogens is 3. The van der Waals surface area contributed by atoms with Gasteiger partial charge in [0.2, 0.25) is 0 Å². The number of urea groups is 1. The predicted octanol–water partition coefficient (Wildman–Crippen LogP) is 2.51. The summed E-state index contributed by atoms with van der Waals surface area (Å²) in [5.41, 5.74) is -0.390. The van der Waals surface area contributed by atoms with Crippen molar-refractivity contribution in [2.75, 3.05) is 18.4 Å². The predicted molar refractivity (Wildman–Crippen MR) is 67.4 cm³/mol. The Morgan fingerprint density at radius 2 is 1.95 bits per heavy atom. The molecule has 0 spiro atoms. The highest BCUT2D eigenvalue weighted by atomic mass is 19.4. The second kappa shape index (κ2) is 6.33. The van der Waals surface area contributed by atoms with E-state index in [0.717, 1.165) is 18.2 Å². The molecular weight excluding hydrogens is 293 g/mol. The van der Waals surface area contributed by atoms with Crippen LogP contribution < -0.4 is 5.32 Å². The molecule has 0 atom stereocenters. The van der Waals surface area contributed by atoms with Crippen LogP contribution in [0, 0.1) is 0 Å². The lowest BCUT2D eigenvalue weighted by Gasteiger charge is -2.22. The summed E-state index contributed by atoms with van der Waals surface area (Å²) in [4.78, 5) is 22.9. The third-order valence-electron chi connectivity index (χ3n) is 2.53. The highest BCUT2D eigenvalue weighted by Crippen LogP contribution is 2.25. The smallest absolute Gasteiger partial charge is 0.406 e. The fraction of sp³-hybridized carbons (Fsp3) is 0.333. The molecule has 0 aliphatic carbocycles. The number of aromatic hydroxyl groups is 1. The Kier molecular flexibility index (Phi) is 5.01. The molecule has 0 bridgehead atoms. The zero-order valence-electron chi connectivity index (χ0n) is 10.9. The number of hydrogen-bond donors (Lipinski definition) is 3. The van der Waals surface area contributed by atoms with Crippen LogP contribution in [0.2, 0.25) is 0 Å². The number of alkyl halides is 3. The van der Waals surface area contributed by atoms with Gasteiger partial charge in [0.05, 0.1) is 11.3 Å². The lowest BCUT2D eigenvalue weighted by atomic mass is 10.2. The van der Waals surface area contributed by atoms with E-state index in [2.05, 4.69) is 5.32 Å². The van der Waals surface area contributed by atoms with Gasteiger partial charge in [-0.2, -0.15) is 13.2 Å². The van der Waals surface area contributed by atoms with Crippen LogP contribution in [0.1, 0.15) is 17.3 Å². The minimum Gasteiger partial charge on any atom is -0.506 e. The van der Waals surface area contributed by atoms with E-state index in [0.29, 0.717) is 4.90 Å². The Morgan fingerprint density at radius 3 is 2.38 bits per heavy atom. The summed E-state index contributed by atoms with van der Waals surface area (Å²) in [5, 5.41) is 20.4. The quantitative estimate of drug-likeness (QED) is 0.746. The van der Waals surface area contributed by atoms with E-state index < -0.39 is 30.5 Å². The minimum atomic E-state index is -4.54. The van der Waals surface area contributed by atoms with E-state index in [1.165, 1.54) is 6.92 Å². The number of carbonyl (C=O) groups is 2. The van der Waals surface area contributed by atoms with Gasteiger partial charge in [-0.3, -0.25) is 0 Å². The van der Waals surface area contributed by atoms with Crippen molar-refractivity contribution in [1.82, 2.24) is 4.90 Å². The molecule has 6 nitrogen and oxygen atoms in total. The van der Waals surface area contributed by atoms with Crippen LogP contribution in [0.5, 0.6) is 5.75 Å². The third kappa shape index (κ3) is 4.86. The number of benzene rings is 1. The molecule has 0 fully saturated rings. The first-order valence-electron chi connectivity index (χ1n) is 5.83. The maximum atomic E-state index is 12.3. The standard InChI is InChI=1S/C12H13F3N2O4/c1-2-17(6-12(13,14)15)11(21)16-8-4-3-7(10(19)20)5-9(8)18/h3-5,18H,2,6H2,1H3,(H,16,21)(H,19,20). The van der Waals surface area contributed by atoms with E-state index in [1.807, 2.05) is 0 Å². The van der Waals surface area contributed by atoms with Gasteiger partial charge < -0.3 is 20.4 Å². The van der Waals surface area contributed by atoms with Crippen LogP contribution in [0.4, 0.5) is 23.7 Å². The van der Waals surface area contributed by atoms with Crippen molar-refractivity contribution in [2.45, 2.75) is 13.1 Å². The number of rotatable bonds is 4. The largest absolute Gasteiger partial charge is 0.506 e. The van der Waals surface area contributed by atoms with Crippen LogP contribution in [-0.2, 0) is 0 Å². The van der Waals surface area contributed by atoms with Gasteiger partial charge in [-0.15, -0.1) is 0 Å². The number of amides is 2. The number of carbonyl (C=O) groups excluding carboxylic acids is 1. The van der Waals surface area contributed by atoms with E-state index in [4.69, 9.17) is 5.11 Å². The van der Waals surface area contributed by atoms with Gasteiger partial charge in [-0.25, -0.2) is 9.59 Å². The Balaban J connectivity index is 2.84. The van der Waals surface area contributed by atoms with Gasteiger partial charge >= 0.3 is 18.2 Å². The number of nitrogens with one attached hydrogen (secondary N) is 1. The molecule has 0 saturated heterocycles. The molecule has 0 heterocycles. The van der Waals surface area contributed by atoms with Crippen molar-refractivity contribution in [3.05, 3.63) is 23.8 Å². The van der Waals surface area contributed by atoms with E-state index in [9.17, 15) is 27.9 Å². The fourth-order valence-electron chi connectivity index (χ4n) is 1.51. The van der Waals surface area contributed by atoms with E-state index >= 15 is 0 Å². The maximum absolute atomic E-state index is 12.3. The summed E-state index contributed by atoms with van der Waals surface area (Å²) < 4.78 is 36.8. The Hall–Kier alpha value is -2.45. The van der Waals surface area contributed by atoms with Crippen molar-refractivity contribution in [1.29, 1.82) is 0 Å². The Morgan fingerprint density at radius 1 is 1.33 bits per heavy atom. The molecule has 0 aliphatic heterocycles. The van der Waals surface area contributed by atoms with E-state index in [-0.39, 0.29) is 17.8 Å². The molecule has 116 valence electrons. The number of carboxylic acids is 1. The third-order valence-corrected chi connectivity index (χ3v) is 2.53. The van der Waals surface area contributed by atoms with Crippen LogP contribution in [0.25, 0.3) is 0 Å². The van der Waals surface area contributed by atoms with Crippen LogP contribution in [0.3, 0.4) is 0 Å². The molecule has 0 saturated carbocycles. The molecule has 9 heteroatoms. The highest BCUT2D eigenvalue weighted by Gasteiger charge is 2.32. The first-order valence-corrected chi connectivity index (χ1v) is 5.83. The Labute approximate surface area is 117 Å². The van der Waals surface area contributed by atoms with Gasteiger partial charge in [0, 0.05) is 6.54 Å². The molecule has 21 heavy (non-hydrogen) atoms. The van der Waals surface area contributed by atoms with Crippen molar-refractivity contribution in [3.8, 4) is 5.75 Å². The minimum absolute atomic E-state index is 0.175. The summed E-state index contributed by atoms with van der Waals surface area (Å²) in [6.07, 6.45) is -4.54. The molecule has 1 rings (SSSR count). The van der Waals surface area contributed by atoms with E-state index in [1.54, 1.807) is 0 Å². The number of carboxylic acid groups (broad SMARTS) is 1. The second-order valence-electron chi connectivity index (χ2n) is 4.10. The lowest BCUT2D eigenvalue weighted by Crippen LogP contribution is -2.41. The molecule has 1 aromatic carbocycles. The number of anilines is 1. The van der Waals surface area contributed by atoms with Gasteiger partial charge in [0.15, 0.2) is 0 Å².